The summed E-state index contributed by atoms with van der Waals surface area (Å²) < 4.78 is 0. The van der Waals surface area contributed by atoms with Gasteiger partial charge in [-0.25, -0.2) is 0 Å². The van der Waals surface area contributed by atoms with Gasteiger partial charge in [-0.3, -0.25) is 0 Å². The normalized spacial score (nSPS) is 13.8. The van der Waals surface area contributed by atoms with Gasteiger partial charge in [0.2, 0.25) is 0 Å². The summed E-state index contributed by atoms with van der Waals surface area (Å²) in [5.41, 5.74) is 2.70. The quantitative estimate of drug-likeness (QED) is 0.548. The van der Waals surface area contributed by atoms with Gasteiger partial charge >= 0.3 is 0 Å². The highest BCUT2D eigenvalue weighted by atomic mass is 14.0. The summed E-state index contributed by atoms with van der Waals surface area (Å²) in [6.07, 6.45) is 7.33. The molecule has 0 aromatic carbocycles. The molecule has 0 aliphatic carbocycles. The van der Waals surface area contributed by atoms with Crippen LogP contribution in [0.2, 0.25) is 0 Å². The maximum Gasteiger partial charge on any atom is -0.0253 e. The van der Waals surface area contributed by atoms with Crippen molar-refractivity contribution in [3.05, 3.63) is 36.0 Å². The van der Waals surface area contributed by atoms with Crippen LogP contribution in [-0.4, -0.2) is 0 Å². The zero-order valence-electron chi connectivity index (χ0n) is 8.72. The largest absolute Gasteiger partial charge is 0.0988 e. The van der Waals surface area contributed by atoms with Gasteiger partial charge in [-0.1, -0.05) is 38.7 Å². The lowest BCUT2D eigenvalue weighted by Crippen LogP contribution is -1.91. The first-order chi connectivity index (χ1) is 5.61. The van der Waals surface area contributed by atoms with Crippen molar-refractivity contribution in [2.45, 2.75) is 34.1 Å². The molecule has 0 heteroatoms. The highest BCUT2D eigenvalue weighted by Crippen LogP contribution is 2.16. The Bertz CT molecular complexity index is 192. The Morgan fingerprint density at radius 1 is 1.42 bits per heavy atom. The highest BCUT2D eigenvalue weighted by Gasteiger charge is 1.99. The lowest BCUT2D eigenvalue weighted by atomic mass is 9.98. The third-order valence-corrected chi connectivity index (χ3v) is 1.81. The van der Waals surface area contributed by atoms with E-state index in [9.17, 15) is 0 Å². The Hall–Kier alpha value is -0.780. The molecule has 68 valence electrons. The van der Waals surface area contributed by atoms with Crippen LogP contribution in [-0.2, 0) is 0 Å². The molecule has 0 N–H and O–H groups in total. The lowest BCUT2D eigenvalue weighted by Gasteiger charge is -2.07. The van der Waals surface area contributed by atoms with Crippen LogP contribution in [0.5, 0.6) is 0 Å². The second-order valence-electron chi connectivity index (χ2n) is 3.51. The molecular weight excluding hydrogens is 144 g/mol. The van der Waals surface area contributed by atoms with Crippen LogP contribution in [0.4, 0.5) is 0 Å². The Labute approximate surface area is 76.7 Å². The van der Waals surface area contributed by atoms with E-state index in [0.29, 0.717) is 5.92 Å². The van der Waals surface area contributed by atoms with E-state index < -0.39 is 0 Å². The van der Waals surface area contributed by atoms with Crippen molar-refractivity contribution >= 4 is 0 Å². The number of allylic oxidation sites excluding steroid dienone is 5. The zero-order chi connectivity index (χ0) is 9.56. The molecule has 0 unspecified atom stereocenters. The maximum absolute atomic E-state index is 3.78. The van der Waals surface area contributed by atoms with Gasteiger partial charge in [-0.2, -0.15) is 0 Å². The molecule has 0 heterocycles. The van der Waals surface area contributed by atoms with Gasteiger partial charge in [0, 0.05) is 0 Å². The van der Waals surface area contributed by atoms with E-state index in [1.165, 1.54) is 11.1 Å². The number of hydrogen-bond donors (Lipinski definition) is 0. The Kier molecular flexibility index (Phi) is 5.44. The predicted octanol–water partition coefficient (Wildman–Crippen LogP) is 4.11. The van der Waals surface area contributed by atoms with Crippen LogP contribution in [0.25, 0.3) is 0 Å². The molecule has 0 spiro atoms. The third-order valence-electron chi connectivity index (χ3n) is 1.81. The van der Waals surface area contributed by atoms with Gasteiger partial charge in [0.1, 0.15) is 0 Å². The van der Waals surface area contributed by atoms with Crippen LogP contribution < -0.4 is 0 Å². The molecule has 0 saturated heterocycles. The van der Waals surface area contributed by atoms with Crippen molar-refractivity contribution in [2.75, 3.05) is 0 Å². The van der Waals surface area contributed by atoms with E-state index in [1.54, 1.807) is 0 Å². The minimum atomic E-state index is 0.714. The van der Waals surface area contributed by atoms with E-state index in [0.717, 1.165) is 6.42 Å². The van der Waals surface area contributed by atoms with Crippen LogP contribution in [0.1, 0.15) is 34.1 Å². The fourth-order valence-corrected chi connectivity index (χ4v) is 1.13. The molecule has 0 nitrogen and oxygen atoms in total. The Morgan fingerprint density at radius 2 is 2.00 bits per heavy atom. The Morgan fingerprint density at radius 3 is 2.33 bits per heavy atom. The highest BCUT2D eigenvalue weighted by molar-refractivity contribution is 5.30. The van der Waals surface area contributed by atoms with E-state index in [-0.39, 0.29) is 0 Å². The molecule has 0 bridgehead atoms. The van der Waals surface area contributed by atoms with Gasteiger partial charge in [-0.15, -0.1) is 0 Å². The molecular formula is C12H20. The first-order valence-corrected chi connectivity index (χ1v) is 4.56. The number of rotatable bonds is 4. The van der Waals surface area contributed by atoms with Gasteiger partial charge in [-0.05, 0) is 37.3 Å². The van der Waals surface area contributed by atoms with Crippen LogP contribution in [0.15, 0.2) is 36.0 Å². The molecule has 0 rings (SSSR count). The summed E-state index contributed by atoms with van der Waals surface area (Å²) in [6.45, 7) is 12.4. The van der Waals surface area contributed by atoms with Crippen molar-refractivity contribution in [1.29, 1.82) is 0 Å². The molecule has 12 heavy (non-hydrogen) atoms. The van der Waals surface area contributed by atoms with E-state index in [2.05, 4.69) is 46.4 Å². The van der Waals surface area contributed by atoms with Gasteiger partial charge in [0.15, 0.2) is 0 Å². The van der Waals surface area contributed by atoms with E-state index >= 15 is 0 Å². The molecule has 0 aliphatic rings. The first kappa shape index (κ1) is 11.2. The smallest absolute Gasteiger partial charge is 0.0253 e. The molecule has 0 amide bonds. The lowest BCUT2D eigenvalue weighted by molar-refractivity contribution is 0.647. The monoisotopic (exact) mass is 164 g/mol. The summed E-state index contributed by atoms with van der Waals surface area (Å²) in [4.78, 5) is 0. The average molecular weight is 164 g/mol. The minimum Gasteiger partial charge on any atom is -0.0988 e. The van der Waals surface area contributed by atoms with Crippen molar-refractivity contribution in [1.82, 2.24) is 0 Å². The summed E-state index contributed by atoms with van der Waals surface area (Å²) in [5, 5.41) is 0. The summed E-state index contributed by atoms with van der Waals surface area (Å²) >= 11 is 0. The van der Waals surface area contributed by atoms with Crippen molar-refractivity contribution in [2.24, 2.45) is 5.92 Å². The maximum atomic E-state index is 3.78. The predicted molar refractivity (Wildman–Crippen MR) is 57.2 cm³/mol. The van der Waals surface area contributed by atoms with Gasteiger partial charge in [0.05, 0.1) is 0 Å². The zero-order valence-corrected chi connectivity index (χ0v) is 8.72. The minimum absolute atomic E-state index is 0.714. The fourth-order valence-electron chi connectivity index (χ4n) is 1.13. The third kappa shape index (κ3) is 4.17. The van der Waals surface area contributed by atoms with E-state index in [1.807, 2.05) is 6.08 Å². The standard InChI is InChI=1S/C12H20/c1-6-8-12(9-10(3)4)11(5)7-2/h6-8,10H,2,9H2,1,3-5H3/b8-6-,12-11+. The second-order valence-corrected chi connectivity index (χ2v) is 3.51. The summed E-state index contributed by atoms with van der Waals surface area (Å²) in [7, 11) is 0. The molecule has 0 aromatic rings. The summed E-state index contributed by atoms with van der Waals surface area (Å²) in [6, 6.07) is 0. The molecule has 0 radical (unpaired) electrons. The topological polar surface area (TPSA) is 0 Å². The van der Waals surface area contributed by atoms with Crippen LogP contribution in [0, 0.1) is 5.92 Å². The van der Waals surface area contributed by atoms with Crippen LogP contribution in [0.3, 0.4) is 0 Å². The molecule has 0 aromatic heterocycles. The first-order valence-electron chi connectivity index (χ1n) is 4.56. The van der Waals surface area contributed by atoms with Gasteiger partial charge < -0.3 is 0 Å². The molecule has 0 saturated carbocycles. The molecule has 0 aliphatic heterocycles. The van der Waals surface area contributed by atoms with Crippen molar-refractivity contribution < 1.29 is 0 Å². The van der Waals surface area contributed by atoms with Gasteiger partial charge in [0.25, 0.3) is 0 Å². The van der Waals surface area contributed by atoms with Crippen molar-refractivity contribution in [3.8, 4) is 0 Å². The summed E-state index contributed by atoms with van der Waals surface area (Å²) in [5.74, 6) is 0.714. The SMILES string of the molecule is C=C/C(C)=C(\C=C/C)CC(C)C. The number of hydrogen-bond acceptors (Lipinski definition) is 0. The average Bonchev–Trinajstić information content (AvgIpc) is 2.01. The molecule has 0 atom stereocenters. The Balaban J connectivity index is 4.53. The second kappa shape index (κ2) is 5.82. The molecule has 0 fully saturated rings. The van der Waals surface area contributed by atoms with Crippen molar-refractivity contribution in [3.63, 3.8) is 0 Å². The fraction of sp³-hybridized carbons (Fsp3) is 0.500. The van der Waals surface area contributed by atoms with E-state index in [4.69, 9.17) is 0 Å². The van der Waals surface area contributed by atoms with Crippen LogP contribution >= 0.6 is 0 Å².